The molecule has 0 radical (unpaired) electrons. The van der Waals surface area contributed by atoms with Crippen molar-refractivity contribution in [2.24, 2.45) is 5.73 Å². The van der Waals surface area contributed by atoms with Gasteiger partial charge in [0.2, 0.25) is 0 Å². The molecule has 3 fully saturated rings. The Morgan fingerprint density at radius 2 is 1.85 bits per heavy atom. The number of nitrogens with zero attached hydrogens (tertiary/aromatic N) is 7. The average Bonchev–Trinajstić information content (AvgIpc) is 2.91. The van der Waals surface area contributed by atoms with Crippen molar-refractivity contribution in [3.63, 3.8) is 0 Å². The van der Waals surface area contributed by atoms with Crippen molar-refractivity contribution in [1.82, 2.24) is 14.9 Å². The molecular weight excluding hydrogens is 487 g/mol. The average molecular weight is 524 g/mol. The highest BCUT2D eigenvalue weighted by molar-refractivity contribution is 6.31. The Morgan fingerprint density at radius 3 is 2.54 bits per heavy atom. The van der Waals surface area contributed by atoms with Crippen molar-refractivity contribution in [3.8, 4) is 6.07 Å². The van der Waals surface area contributed by atoms with E-state index in [-0.39, 0.29) is 17.7 Å². The van der Waals surface area contributed by atoms with Crippen molar-refractivity contribution in [1.29, 1.82) is 5.26 Å². The molecule has 1 aromatic carbocycles. The highest BCUT2D eigenvalue weighted by atomic mass is 16.5. The number of benzene rings is 1. The molecule has 3 saturated heterocycles. The first-order valence-electron chi connectivity index (χ1n) is 14.0. The fourth-order valence-corrected chi connectivity index (χ4v) is 6.23. The largest absolute Gasteiger partial charge is 0.370 e. The van der Waals surface area contributed by atoms with Crippen molar-refractivity contribution >= 4 is 41.5 Å². The number of anilines is 3. The number of ether oxygens (including phenoxy) is 1. The summed E-state index contributed by atoms with van der Waals surface area (Å²) in [5, 5.41) is 10.6. The molecule has 5 heterocycles. The number of hydrogen-bond acceptors (Lipinski definition) is 9. The summed E-state index contributed by atoms with van der Waals surface area (Å²) < 4.78 is 6.41. The number of fused-ring (bicyclic) bond motifs is 1. The normalized spacial score (nSPS) is 23.5. The van der Waals surface area contributed by atoms with Crippen molar-refractivity contribution in [2.45, 2.75) is 31.6 Å². The van der Waals surface area contributed by atoms with Crippen LogP contribution in [0, 0.1) is 11.3 Å². The van der Waals surface area contributed by atoms with Crippen molar-refractivity contribution in [3.05, 3.63) is 48.2 Å². The maximum atomic E-state index is 9.61. The van der Waals surface area contributed by atoms with E-state index in [9.17, 15) is 5.26 Å². The van der Waals surface area contributed by atoms with Gasteiger partial charge in [-0.1, -0.05) is 6.07 Å². The minimum Gasteiger partial charge on any atom is -0.370 e. The van der Waals surface area contributed by atoms with Crippen LogP contribution in [0.1, 0.15) is 19.4 Å². The van der Waals surface area contributed by atoms with E-state index in [0.29, 0.717) is 5.56 Å². The van der Waals surface area contributed by atoms with Gasteiger partial charge in [-0.25, -0.2) is 4.98 Å². The molecule has 2 aromatic heterocycles. The summed E-state index contributed by atoms with van der Waals surface area (Å²) in [6.07, 6.45) is 2.25. The highest BCUT2D eigenvalue weighted by Gasteiger charge is 2.35. The van der Waals surface area contributed by atoms with Gasteiger partial charge in [-0.05, 0) is 49.8 Å². The molecule has 2 N–H and O–H groups in total. The summed E-state index contributed by atoms with van der Waals surface area (Å²) in [6, 6.07) is 14.7. The van der Waals surface area contributed by atoms with Crippen LogP contribution in [-0.4, -0.2) is 99.4 Å². The van der Waals surface area contributed by atoms with E-state index in [0.717, 1.165) is 86.9 Å². The lowest BCUT2D eigenvalue weighted by Gasteiger charge is -2.46. The fraction of sp³-hybridized carbons (Fsp3) is 0.483. The van der Waals surface area contributed by atoms with Crippen LogP contribution >= 0.6 is 0 Å². The van der Waals surface area contributed by atoms with E-state index in [1.165, 1.54) is 5.69 Å². The molecular formula is C29H37BN8O. The first kappa shape index (κ1) is 25.9. The predicted molar refractivity (Wildman–Crippen MR) is 159 cm³/mol. The second kappa shape index (κ2) is 10.3. The van der Waals surface area contributed by atoms with E-state index in [4.69, 9.17) is 15.5 Å². The Bertz CT molecular complexity index is 1370. The van der Waals surface area contributed by atoms with Crippen molar-refractivity contribution in [2.75, 3.05) is 73.6 Å². The molecule has 0 unspecified atom stereocenters. The molecule has 0 spiro atoms. The van der Waals surface area contributed by atoms with Crippen LogP contribution in [0.3, 0.4) is 0 Å². The van der Waals surface area contributed by atoms with Crippen LogP contribution in [0.4, 0.5) is 17.2 Å². The minimum atomic E-state index is -0.0975. The molecule has 3 aromatic rings. The number of morpholine rings is 1. The summed E-state index contributed by atoms with van der Waals surface area (Å²) >= 11 is 0. The van der Waals surface area contributed by atoms with Gasteiger partial charge in [-0.2, -0.15) is 5.26 Å². The van der Waals surface area contributed by atoms with Gasteiger partial charge in [0.25, 0.3) is 0 Å². The number of nitriles is 1. The maximum absolute atomic E-state index is 9.61. The number of piperazine rings is 1. The Morgan fingerprint density at radius 1 is 1.05 bits per heavy atom. The van der Waals surface area contributed by atoms with Crippen LogP contribution in [0.25, 0.3) is 10.9 Å². The zero-order chi connectivity index (χ0) is 27.1. The Hall–Kier alpha value is -3.39. The second-order valence-electron chi connectivity index (χ2n) is 11.7. The molecule has 202 valence electrons. The molecule has 39 heavy (non-hydrogen) atoms. The Labute approximate surface area is 231 Å². The van der Waals surface area contributed by atoms with Crippen LogP contribution < -0.4 is 26.0 Å². The molecule has 0 bridgehead atoms. The number of nitrogens with two attached hydrogens (primary N) is 1. The summed E-state index contributed by atoms with van der Waals surface area (Å²) in [5.74, 6) is 1.01. The molecule has 9 nitrogen and oxygen atoms in total. The van der Waals surface area contributed by atoms with Gasteiger partial charge in [-0.3, -0.25) is 9.88 Å². The Kier molecular flexibility index (Phi) is 6.83. The van der Waals surface area contributed by atoms with E-state index < -0.39 is 0 Å². The summed E-state index contributed by atoms with van der Waals surface area (Å²) in [6.45, 7) is 12.4. The van der Waals surface area contributed by atoms with E-state index in [1.54, 1.807) is 0 Å². The van der Waals surface area contributed by atoms with Crippen LogP contribution in [-0.2, 0) is 4.74 Å². The maximum Gasteiger partial charge on any atom is 0.163 e. The lowest BCUT2D eigenvalue weighted by molar-refractivity contribution is -0.0327. The standard InChI is InChI=1S/C29H37BN8O/c1-20-15-37(25-6-3-21(13-31)28-24(25)5-7-26(30)34-28)17-23(39-20)16-35-9-11-36(12-10-35)22-4-8-27(33-14-22)38-18-29(2,32)19-38/h3-8,14,20,23H,9-12,15-19,30,32H2,1-2H3/t20-,23+/m1/s1. The van der Waals surface area contributed by atoms with E-state index in [2.05, 4.69) is 68.8 Å². The monoisotopic (exact) mass is 524 g/mol. The number of pyridine rings is 2. The fourth-order valence-electron chi connectivity index (χ4n) is 6.23. The van der Waals surface area contributed by atoms with E-state index >= 15 is 0 Å². The molecule has 0 saturated carbocycles. The van der Waals surface area contributed by atoms with Gasteiger partial charge in [-0.15, -0.1) is 0 Å². The van der Waals surface area contributed by atoms with Crippen LogP contribution in [0.15, 0.2) is 42.6 Å². The Balaban J connectivity index is 1.07. The summed E-state index contributed by atoms with van der Waals surface area (Å²) in [5.41, 5.74) is 10.7. The lowest BCUT2D eigenvalue weighted by Crippen LogP contribution is -2.65. The molecule has 6 rings (SSSR count). The van der Waals surface area contributed by atoms with Gasteiger partial charge in [0, 0.05) is 75.5 Å². The van der Waals surface area contributed by atoms with Crippen LogP contribution in [0.5, 0.6) is 0 Å². The quantitative estimate of drug-likeness (QED) is 0.484. The van der Waals surface area contributed by atoms with Gasteiger partial charge in [0.1, 0.15) is 11.9 Å². The predicted octanol–water partition coefficient (Wildman–Crippen LogP) is 0.713. The zero-order valence-corrected chi connectivity index (χ0v) is 23.2. The first-order chi connectivity index (χ1) is 18.8. The third-order valence-electron chi connectivity index (χ3n) is 8.12. The minimum absolute atomic E-state index is 0.0975. The smallest absolute Gasteiger partial charge is 0.163 e. The third kappa shape index (κ3) is 5.39. The molecule has 10 heteroatoms. The molecule has 3 aliphatic rings. The summed E-state index contributed by atoms with van der Waals surface area (Å²) in [4.78, 5) is 19.0. The SMILES string of the molecule is Bc1ccc2c(N3C[C@H](CN4CCN(c5ccc(N6CC(C)(N)C6)nc5)CC4)O[C@H](C)C3)ccc(C#N)c2n1. The van der Waals surface area contributed by atoms with Gasteiger partial charge < -0.3 is 25.2 Å². The first-order valence-corrected chi connectivity index (χ1v) is 14.0. The molecule has 3 aliphatic heterocycles. The molecule has 0 aliphatic carbocycles. The molecule has 2 atom stereocenters. The van der Waals surface area contributed by atoms with Crippen molar-refractivity contribution < 1.29 is 4.74 Å². The highest BCUT2D eigenvalue weighted by Crippen LogP contribution is 2.30. The second-order valence-corrected chi connectivity index (χ2v) is 11.7. The van der Waals surface area contributed by atoms with Crippen LogP contribution in [0.2, 0.25) is 0 Å². The van der Waals surface area contributed by atoms with E-state index in [1.807, 2.05) is 26.2 Å². The number of hydrogen-bond donors (Lipinski definition) is 1. The van der Waals surface area contributed by atoms with Gasteiger partial charge >= 0.3 is 0 Å². The lowest BCUT2D eigenvalue weighted by atomic mass is 9.94. The van der Waals surface area contributed by atoms with Gasteiger partial charge in [0.15, 0.2) is 7.85 Å². The number of aromatic nitrogens is 2. The molecule has 0 amide bonds. The van der Waals surface area contributed by atoms with Gasteiger partial charge in [0.05, 0.1) is 35.2 Å². The third-order valence-corrected chi connectivity index (χ3v) is 8.12. The zero-order valence-electron chi connectivity index (χ0n) is 23.2. The summed E-state index contributed by atoms with van der Waals surface area (Å²) in [7, 11) is 1.97. The topological polar surface area (TPSA) is 97.8 Å². The number of rotatable bonds is 5.